The number of ether oxygens (including phenoxy) is 1. The number of nitrogens with two attached hydrogens (primary N) is 1. The number of methoxy groups -OCH3 is 1. The molecular formula is C16H26N2O4S. The van der Waals surface area contributed by atoms with Crippen molar-refractivity contribution in [3.8, 4) is 0 Å². The van der Waals surface area contributed by atoms with Gasteiger partial charge in [-0.3, -0.25) is 4.79 Å². The first-order valence-corrected chi connectivity index (χ1v) is 9.05. The Hall–Kier alpha value is -1.44. The summed E-state index contributed by atoms with van der Waals surface area (Å²) in [5.74, 6) is -0.213. The van der Waals surface area contributed by atoms with E-state index in [9.17, 15) is 13.2 Å². The Kier molecular flexibility index (Phi) is 7.18. The fourth-order valence-electron chi connectivity index (χ4n) is 2.24. The lowest BCUT2D eigenvalue weighted by Gasteiger charge is -2.25. The summed E-state index contributed by atoms with van der Waals surface area (Å²) in [6.07, 6.45) is 0.494. The van der Waals surface area contributed by atoms with Crippen molar-refractivity contribution in [2.24, 2.45) is 11.7 Å². The molecule has 0 unspecified atom stereocenters. The largest absolute Gasteiger partial charge is 0.469 e. The predicted molar refractivity (Wildman–Crippen MR) is 89.4 cm³/mol. The Balaban J connectivity index is 2.97. The van der Waals surface area contributed by atoms with E-state index in [0.717, 1.165) is 5.56 Å². The summed E-state index contributed by atoms with van der Waals surface area (Å²) in [7, 11) is -2.48. The van der Waals surface area contributed by atoms with E-state index in [1.165, 1.54) is 19.2 Å². The number of carbonyl (C=O) groups excluding carboxylic acids is 1. The molecule has 3 N–H and O–H groups in total. The van der Waals surface area contributed by atoms with Gasteiger partial charge in [0, 0.05) is 12.1 Å². The van der Waals surface area contributed by atoms with Crippen molar-refractivity contribution in [2.45, 2.75) is 50.6 Å². The number of carbonyl (C=O) groups is 1. The van der Waals surface area contributed by atoms with Gasteiger partial charge in [-0.1, -0.05) is 31.5 Å². The van der Waals surface area contributed by atoms with Crippen LogP contribution in [0.1, 0.15) is 32.3 Å². The van der Waals surface area contributed by atoms with Crippen molar-refractivity contribution in [1.29, 1.82) is 0 Å². The highest BCUT2D eigenvalue weighted by Crippen LogP contribution is 2.15. The van der Waals surface area contributed by atoms with Crippen molar-refractivity contribution in [1.82, 2.24) is 4.72 Å². The first-order chi connectivity index (χ1) is 10.7. The Labute approximate surface area is 138 Å². The van der Waals surface area contributed by atoms with Gasteiger partial charge in [0.1, 0.15) is 0 Å². The lowest BCUT2D eigenvalue weighted by molar-refractivity contribution is -0.141. The first-order valence-electron chi connectivity index (χ1n) is 7.57. The van der Waals surface area contributed by atoms with Crippen LogP contribution in [-0.4, -0.2) is 33.6 Å². The highest BCUT2D eigenvalue weighted by Gasteiger charge is 2.27. The molecule has 0 aliphatic rings. The number of nitrogens with one attached hydrogen (secondary N) is 1. The molecule has 0 aliphatic carbocycles. The molecule has 1 rings (SSSR count). The zero-order valence-corrected chi connectivity index (χ0v) is 14.9. The summed E-state index contributed by atoms with van der Waals surface area (Å²) in [5, 5.41) is 0. The third kappa shape index (κ3) is 6.29. The van der Waals surface area contributed by atoms with Gasteiger partial charge in [-0.05, 0) is 31.4 Å². The second-order valence-electron chi connectivity index (χ2n) is 6.11. The van der Waals surface area contributed by atoms with Crippen LogP contribution in [0.3, 0.4) is 0 Å². The Morgan fingerprint density at radius 2 is 1.83 bits per heavy atom. The number of hydrogen-bond acceptors (Lipinski definition) is 5. The number of hydrogen-bond donors (Lipinski definition) is 2. The molecule has 130 valence electrons. The summed E-state index contributed by atoms with van der Waals surface area (Å²) in [5.41, 5.74) is 7.06. The standard InChI is InChI=1S/C16H26N2O4S/c1-11(2)9-14(17)15(10-16(19)22-4)18-23(20,21)13-7-5-12(3)6-8-13/h5-8,11,14-15,18H,9-10,17H2,1-4H3/t14-,15-/m1/s1. The van der Waals surface area contributed by atoms with Crippen LogP contribution in [0.4, 0.5) is 0 Å². The van der Waals surface area contributed by atoms with Crippen LogP contribution >= 0.6 is 0 Å². The second kappa shape index (κ2) is 8.42. The summed E-state index contributed by atoms with van der Waals surface area (Å²) < 4.78 is 32.2. The average Bonchev–Trinajstić information content (AvgIpc) is 2.45. The predicted octanol–water partition coefficient (Wildman–Crippen LogP) is 1.58. The van der Waals surface area contributed by atoms with Gasteiger partial charge in [0.2, 0.25) is 10.0 Å². The SMILES string of the molecule is COC(=O)C[C@@H](NS(=O)(=O)c1ccc(C)cc1)[C@H](N)CC(C)C. The van der Waals surface area contributed by atoms with E-state index >= 15 is 0 Å². The zero-order chi connectivity index (χ0) is 17.6. The maximum atomic E-state index is 12.5. The van der Waals surface area contributed by atoms with Gasteiger partial charge in [-0.25, -0.2) is 13.1 Å². The molecule has 0 aliphatic heterocycles. The molecule has 0 bridgehead atoms. The monoisotopic (exact) mass is 342 g/mol. The molecule has 2 atom stereocenters. The van der Waals surface area contributed by atoms with Gasteiger partial charge in [-0.15, -0.1) is 0 Å². The van der Waals surface area contributed by atoms with E-state index in [0.29, 0.717) is 6.42 Å². The molecule has 1 aromatic carbocycles. The molecule has 6 nitrogen and oxygen atoms in total. The minimum absolute atomic E-state index is 0.102. The van der Waals surface area contributed by atoms with Crippen molar-refractivity contribution in [2.75, 3.05) is 7.11 Å². The maximum Gasteiger partial charge on any atom is 0.307 e. The summed E-state index contributed by atoms with van der Waals surface area (Å²) in [6, 6.07) is 5.31. The van der Waals surface area contributed by atoms with Crippen LogP contribution in [-0.2, 0) is 19.6 Å². The van der Waals surface area contributed by atoms with Gasteiger partial charge in [-0.2, -0.15) is 0 Å². The van der Waals surface area contributed by atoms with E-state index in [4.69, 9.17) is 5.73 Å². The van der Waals surface area contributed by atoms with Gasteiger partial charge in [0.15, 0.2) is 0 Å². The summed E-state index contributed by atoms with van der Waals surface area (Å²) in [4.78, 5) is 11.7. The number of rotatable bonds is 8. The van der Waals surface area contributed by atoms with E-state index in [2.05, 4.69) is 9.46 Å². The van der Waals surface area contributed by atoms with Crippen molar-refractivity contribution in [3.05, 3.63) is 29.8 Å². The van der Waals surface area contributed by atoms with E-state index in [1.54, 1.807) is 12.1 Å². The van der Waals surface area contributed by atoms with Crippen LogP contribution in [0.5, 0.6) is 0 Å². The van der Waals surface area contributed by atoms with E-state index < -0.39 is 28.1 Å². The van der Waals surface area contributed by atoms with Gasteiger partial charge >= 0.3 is 5.97 Å². The molecule has 0 fully saturated rings. The quantitative estimate of drug-likeness (QED) is 0.699. The van der Waals surface area contributed by atoms with Crippen molar-refractivity contribution < 1.29 is 17.9 Å². The van der Waals surface area contributed by atoms with Crippen molar-refractivity contribution >= 4 is 16.0 Å². The number of sulfonamides is 1. The fourth-order valence-corrected chi connectivity index (χ4v) is 3.52. The third-order valence-electron chi connectivity index (χ3n) is 3.51. The molecule has 0 saturated heterocycles. The number of benzene rings is 1. The van der Waals surface area contributed by atoms with Gasteiger partial charge in [0.25, 0.3) is 0 Å². The fraction of sp³-hybridized carbons (Fsp3) is 0.562. The molecule has 0 amide bonds. The van der Waals surface area contributed by atoms with E-state index in [-0.39, 0.29) is 17.2 Å². The highest BCUT2D eigenvalue weighted by atomic mass is 32.2. The molecule has 0 radical (unpaired) electrons. The van der Waals surface area contributed by atoms with Crippen LogP contribution in [0, 0.1) is 12.8 Å². The smallest absolute Gasteiger partial charge is 0.307 e. The normalized spacial score (nSPS) is 14.5. The van der Waals surface area contributed by atoms with Crippen LogP contribution < -0.4 is 10.5 Å². The maximum absolute atomic E-state index is 12.5. The Bertz CT molecular complexity index is 611. The molecule has 0 saturated carbocycles. The summed E-state index contributed by atoms with van der Waals surface area (Å²) >= 11 is 0. The minimum atomic E-state index is -3.75. The Morgan fingerprint density at radius 1 is 1.26 bits per heavy atom. The lowest BCUT2D eigenvalue weighted by atomic mass is 9.97. The van der Waals surface area contributed by atoms with E-state index in [1.807, 2.05) is 20.8 Å². The molecular weight excluding hydrogens is 316 g/mol. The van der Waals surface area contributed by atoms with Crippen LogP contribution in [0.25, 0.3) is 0 Å². The van der Waals surface area contributed by atoms with Crippen LogP contribution in [0.2, 0.25) is 0 Å². The Morgan fingerprint density at radius 3 is 2.30 bits per heavy atom. The molecule has 23 heavy (non-hydrogen) atoms. The highest BCUT2D eigenvalue weighted by molar-refractivity contribution is 7.89. The number of esters is 1. The average molecular weight is 342 g/mol. The van der Waals surface area contributed by atoms with Crippen LogP contribution in [0.15, 0.2) is 29.2 Å². The van der Waals surface area contributed by atoms with Gasteiger partial charge < -0.3 is 10.5 Å². The molecule has 0 spiro atoms. The van der Waals surface area contributed by atoms with Gasteiger partial charge in [0.05, 0.1) is 18.4 Å². The first kappa shape index (κ1) is 19.6. The molecule has 1 aromatic rings. The molecule has 0 heterocycles. The minimum Gasteiger partial charge on any atom is -0.469 e. The second-order valence-corrected chi connectivity index (χ2v) is 7.83. The topological polar surface area (TPSA) is 98.5 Å². The van der Waals surface area contributed by atoms with Crippen molar-refractivity contribution in [3.63, 3.8) is 0 Å². The summed E-state index contributed by atoms with van der Waals surface area (Å²) in [6.45, 7) is 5.86. The molecule has 7 heteroatoms. The zero-order valence-electron chi connectivity index (χ0n) is 14.1. The number of aryl methyl sites for hydroxylation is 1. The lowest BCUT2D eigenvalue weighted by Crippen LogP contribution is -2.49. The third-order valence-corrected chi connectivity index (χ3v) is 5.02. The molecule has 0 aromatic heterocycles.